The minimum Gasteiger partial charge on any atom is -0.247 e. The lowest BCUT2D eigenvalue weighted by molar-refractivity contribution is 1.05. The zero-order valence-corrected chi connectivity index (χ0v) is 12.3. The predicted octanol–water partition coefficient (Wildman–Crippen LogP) is 4.75. The summed E-state index contributed by atoms with van der Waals surface area (Å²) in [4.78, 5) is 4.52. The molecule has 0 amide bonds. The van der Waals surface area contributed by atoms with Crippen LogP contribution in [0.1, 0.15) is 16.8 Å². The van der Waals surface area contributed by atoms with Crippen LogP contribution in [0.5, 0.6) is 0 Å². The molecule has 0 bridgehead atoms. The van der Waals surface area contributed by atoms with Gasteiger partial charge in [-0.2, -0.15) is 0 Å². The summed E-state index contributed by atoms with van der Waals surface area (Å²) in [6.07, 6.45) is 0. The first kappa shape index (κ1) is 12.7. The number of rotatable bonds is 3. The number of pyridine rings is 1. The Morgan fingerprint density at radius 1 is 1.12 bits per heavy atom. The zero-order valence-electron chi connectivity index (χ0n) is 9.90. The highest BCUT2D eigenvalue weighted by Crippen LogP contribution is 2.23. The summed E-state index contributed by atoms with van der Waals surface area (Å²) < 4.78 is 1.12. The van der Waals surface area contributed by atoms with Crippen LogP contribution in [-0.4, -0.2) is 4.98 Å². The van der Waals surface area contributed by atoms with Crippen molar-refractivity contribution in [2.75, 3.05) is 0 Å². The van der Waals surface area contributed by atoms with Gasteiger partial charge in [-0.1, -0.05) is 28.1 Å². The smallest absolute Gasteiger partial charge is 0.0968 e. The lowest BCUT2D eigenvalue weighted by Gasteiger charge is -2.04. The van der Waals surface area contributed by atoms with Crippen molar-refractivity contribution in [1.82, 2.24) is 4.98 Å². The average Bonchev–Trinajstić information content (AvgIpc) is 2.27. The summed E-state index contributed by atoms with van der Waals surface area (Å²) >= 11 is 5.22. The first-order valence-electron chi connectivity index (χ1n) is 5.46. The van der Waals surface area contributed by atoms with E-state index >= 15 is 0 Å². The summed E-state index contributed by atoms with van der Waals surface area (Å²) in [7, 11) is 0. The average molecular weight is 308 g/mol. The summed E-state index contributed by atoms with van der Waals surface area (Å²) in [6, 6.07) is 12.7. The number of benzene rings is 1. The molecule has 1 aromatic heterocycles. The molecule has 0 saturated carbocycles. The van der Waals surface area contributed by atoms with E-state index in [4.69, 9.17) is 0 Å². The van der Waals surface area contributed by atoms with Crippen LogP contribution in [0, 0.1) is 13.8 Å². The Balaban J connectivity index is 2.04. The SMILES string of the molecule is Cc1cc(C)nc(SCc2ccc(Br)cc2)c1. The van der Waals surface area contributed by atoms with E-state index < -0.39 is 0 Å². The summed E-state index contributed by atoms with van der Waals surface area (Å²) in [5.41, 5.74) is 3.68. The number of hydrogen-bond acceptors (Lipinski definition) is 2. The van der Waals surface area contributed by atoms with Crippen LogP contribution >= 0.6 is 27.7 Å². The van der Waals surface area contributed by atoms with Gasteiger partial charge in [0, 0.05) is 15.9 Å². The van der Waals surface area contributed by atoms with E-state index in [9.17, 15) is 0 Å². The highest BCUT2D eigenvalue weighted by atomic mass is 79.9. The number of hydrogen-bond donors (Lipinski definition) is 0. The molecule has 1 heterocycles. The molecule has 1 aromatic carbocycles. The fourth-order valence-electron chi connectivity index (χ4n) is 1.62. The fourth-order valence-corrected chi connectivity index (χ4v) is 2.87. The summed E-state index contributed by atoms with van der Waals surface area (Å²) in [5.74, 6) is 0.961. The number of thioether (sulfide) groups is 1. The maximum Gasteiger partial charge on any atom is 0.0968 e. The van der Waals surface area contributed by atoms with Crippen molar-refractivity contribution >= 4 is 27.7 Å². The summed E-state index contributed by atoms with van der Waals surface area (Å²) in [5, 5.41) is 1.10. The van der Waals surface area contributed by atoms with Crippen molar-refractivity contribution < 1.29 is 0 Å². The standard InChI is InChI=1S/C14H14BrNS/c1-10-7-11(2)16-14(8-10)17-9-12-3-5-13(15)6-4-12/h3-8H,9H2,1-2H3. The van der Waals surface area contributed by atoms with Gasteiger partial charge in [0.25, 0.3) is 0 Å². The second-order valence-electron chi connectivity index (χ2n) is 4.04. The molecule has 0 radical (unpaired) electrons. The molecule has 88 valence electrons. The molecule has 3 heteroatoms. The monoisotopic (exact) mass is 307 g/mol. The van der Waals surface area contributed by atoms with Crippen LogP contribution in [0.15, 0.2) is 45.9 Å². The Morgan fingerprint density at radius 3 is 2.47 bits per heavy atom. The van der Waals surface area contributed by atoms with Crippen LogP contribution in [0.4, 0.5) is 0 Å². The molecule has 0 fully saturated rings. The highest BCUT2D eigenvalue weighted by molar-refractivity contribution is 9.10. The third kappa shape index (κ3) is 3.86. The van der Waals surface area contributed by atoms with Gasteiger partial charge in [0.2, 0.25) is 0 Å². The van der Waals surface area contributed by atoms with Gasteiger partial charge in [-0.3, -0.25) is 0 Å². The van der Waals surface area contributed by atoms with Gasteiger partial charge >= 0.3 is 0 Å². The third-order valence-electron chi connectivity index (χ3n) is 2.37. The Bertz CT molecular complexity index is 488. The van der Waals surface area contributed by atoms with Crippen molar-refractivity contribution in [2.24, 2.45) is 0 Å². The molecule has 0 unspecified atom stereocenters. The van der Waals surface area contributed by atoms with Gasteiger partial charge in [-0.15, -0.1) is 11.8 Å². The maximum absolute atomic E-state index is 4.52. The molecular formula is C14H14BrNS. The number of halogens is 1. The van der Waals surface area contributed by atoms with Crippen molar-refractivity contribution in [1.29, 1.82) is 0 Å². The van der Waals surface area contributed by atoms with Gasteiger partial charge in [0.1, 0.15) is 0 Å². The van der Waals surface area contributed by atoms with Crippen LogP contribution in [0.25, 0.3) is 0 Å². The van der Waals surface area contributed by atoms with E-state index in [-0.39, 0.29) is 0 Å². The molecule has 0 aliphatic rings. The molecular weight excluding hydrogens is 294 g/mol. The van der Waals surface area contributed by atoms with Crippen LogP contribution in [0.3, 0.4) is 0 Å². The molecule has 0 aliphatic heterocycles. The molecule has 2 aromatic rings. The minimum atomic E-state index is 0.961. The second kappa shape index (κ2) is 5.69. The van der Waals surface area contributed by atoms with Gasteiger partial charge < -0.3 is 0 Å². The first-order valence-corrected chi connectivity index (χ1v) is 7.24. The molecule has 0 atom stereocenters. The molecule has 0 saturated heterocycles. The molecule has 17 heavy (non-hydrogen) atoms. The molecule has 0 aliphatic carbocycles. The van der Waals surface area contributed by atoms with Crippen molar-refractivity contribution in [3.8, 4) is 0 Å². The molecule has 2 rings (SSSR count). The van der Waals surface area contributed by atoms with E-state index in [1.54, 1.807) is 11.8 Å². The van der Waals surface area contributed by atoms with E-state index in [0.717, 1.165) is 20.9 Å². The number of nitrogens with zero attached hydrogens (tertiary/aromatic N) is 1. The minimum absolute atomic E-state index is 0.961. The van der Waals surface area contributed by atoms with Crippen LogP contribution < -0.4 is 0 Å². The molecule has 1 nitrogen and oxygen atoms in total. The van der Waals surface area contributed by atoms with E-state index in [0.29, 0.717) is 0 Å². The molecule has 0 spiro atoms. The van der Waals surface area contributed by atoms with E-state index in [2.05, 4.69) is 64.2 Å². The maximum atomic E-state index is 4.52. The Hall–Kier alpha value is -0.800. The topological polar surface area (TPSA) is 12.9 Å². The first-order chi connectivity index (χ1) is 8.13. The number of aryl methyl sites for hydroxylation is 2. The van der Waals surface area contributed by atoms with Crippen LogP contribution in [-0.2, 0) is 5.75 Å². The lowest BCUT2D eigenvalue weighted by atomic mass is 10.2. The summed E-state index contributed by atoms with van der Waals surface area (Å²) in [6.45, 7) is 4.15. The highest BCUT2D eigenvalue weighted by Gasteiger charge is 2.00. The largest absolute Gasteiger partial charge is 0.247 e. The Morgan fingerprint density at radius 2 is 1.82 bits per heavy atom. The lowest BCUT2D eigenvalue weighted by Crippen LogP contribution is -1.88. The van der Waals surface area contributed by atoms with Gasteiger partial charge in [-0.25, -0.2) is 4.98 Å². The van der Waals surface area contributed by atoms with E-state index in [1.807, 2.05) is 6.92 Å². The Kier molecular flexibility index (Phi) is 4.24. The van der Waals surface area contributed by atoms with Crippen LogP contribution in [0.2, 0.25) is 0 Å². The quantitative estimate of drug-likeness (QED) is 0.759. The van der Waals surface area contributed by atoms with Crippen molar-refractivity contribution in [2.45, 2.75) is 24.6 Å². The number of aromatic nitrogens is 1. The normalized spacial score (nSPS) is 10.5. The van der Waals surface area contributed by atoms with Gasteiger partial charge in [-0.05, 0) is 49.2 Å². The third-order valence-corrected chi connectivity index (χ3v) is 3.89. The van der Waals surface area contributed by atoms with E-state index in [1.165, 1.54) is 11.1 Å². The van der Waals surface area contributed by atoms with Crippen molar-refractivity contribution in [3.05, 3.63) is 57.7 Å². The predicted molar refractivity (Wildman–Crippen MR) is 77.4 cm³/mol. The second-order valence-corrected chi connectivity index (χ2v) is 5.95. The van der Waals surface area contributed by atoms with Gasteiger partial charge in [0.15, 0.2) is 0 Å². The fraction of sp³-hybridized carbons (Fsp3) is 0.214. The van der Waals surface area contributed by atoms with Gasteiger partial charge in [0.05, 0.1) is 5.03 Å². The van der Waals surface area contributed by atoms with Crippen molar-refractivity contribution in [3.63, 3.8) is 0 Å². The Labute approximate surface area is 115 Å². The molecule has 0 N–H and O–H groups in total. The zero-order chi connectivity index (χ0) is 12.3.